The van der Waals surface area contributed by atoms with Gasteiger partial charge in [-0.15, -0.1) is 0 Å². The predicted molar refractivity (Wildman–Crippen MR) is 138 cm³/mol. The Bertz CT molecular complexity index is 1140. The summed E-state index contributed by atoms with van der Waals surface area (Å²) in [6, 6.07) is 0. The molecule has 0 aromatic rings. The minimum absolute atomic E-state index is 0.00505. The van der Waals surface area contributed by atoms with Gasteiger partial charge in [0.2, 0.25) is 5.78 Å². The molecule has 9 heteroatoms. The zero-order chi connectivity index (χ0) is 28.4. The highest BCUT2D eigenvalue weighted by Gasteiger charge is 2.80. The largest absolute Gasteiger partial charge is 0.481 e. The lowest BCUT2D eigenvalue weighted by Gasteiger charge is -2.59. The molecule has 0 aromatic carbocycles. The van der Waals surface area contributed by atoms with Gasteiger partial charge in [-0.3, -0.25) is 19.2 Å². The molecular weight excluding hydrogens is 504 g/mol. The number of allylic oxidation sites excluding steroid dienone is 4. The molecule has 1 aliphatic heterocycles. The zero-order valence-corrected chi connectivity index (χ0v) is 23.2. The van der Waals surface area contributed by atoms with Crippen LogP contribution in [-0.2, 0) is 33.4 Å². The van der Waals surface area contributed by atoms with E-state index in [2.05, 4.69) is 6.92 Å². The Morgan fingerprint density at radius 2 is 1.87 bits per heavy atom. The van der Waals surface area contributed by atoms with Gasteiger partial charge in [-0.2, -0.15) is 0 Å². The van der Waals surface area contributed by atoms with Crippen LogP contribution in [-0.4, -0.2) is 63.9 Å². The smallest absolute Gasteiger partial charge is 0.306 e. The first-order valence-corrected chi connectivity index (χ1v) is 14.2. The van der Waals surface area contributed by atoms with Crippen molar-refractivity contribution in [1.82, 2.24) is 0 Å². The van der Waals surface area contributed by atoms with E-state index in [0.29, 0.717) is 19.3 Å². The van der Waals surface area contributed by atoms with Crippen LogP contribution in [0.5, 0.6) is 0 Å². The third-order valence-electron chi connectivity index (χ3n) is 10.6. The summed E-state index contributed by atoms with van der Waals surface area (Å²) in [6.45, 7) is 7.49. The number of carbonyl (C=O) groups is 4. The highest BCUT2D eigenvalue weighted by molar-refractivity contribution is 6.01. The van der Waals surface area contributed by atoms with Crippen molar-refractivity contribution in [3.8, 4) is 0 Å². The maximum Gasteiger partial charge on any atom is 0.306 e. The molecule has 214 valence electrons. The van der Waals surface area contributed by atoms with E-state index >= 15 is 0 Å². The molecular formula is C30H40O9. The second-order valence-electron chi connectivity index (χ2n) is 12.8. The van der Waals surface area contributed by atoms with Gasteiger partial charge in [-0.25, -0.2) is 0 Å². The number of aliphatic carboxylic acids is 1. The minimum atomic E-state index is -1.43. The topological polar surface area (TPSA) is 136 Å². The summed E-state index contributed by atoms with van der Waals surface area (Å²) in [5.41, 5.74) is -2.60. The fourth-order valence-corrected chi connectivity index (χ4v) is 9.08. The number of rotatable bonds is 8. The molecule has 1 unspecified atom stereocenters. The number of fused-ring (bicyclic) bond motifs is 7. The lowest BCUT2D eigenvalue weighted by molar-refractivity contribution is -0.202. The molecule has 5 aliphatic rings. The van der Waals surface area contributed by atoms with E-state index in [9.17, 15) is 24.3 Å². The third-order valence-corrected chi connectivity index (χ3v) is 10.6. The van der Waals surface area contributed by atoms with Crippen LogP contribution in [0.2, 0.25) is 0 Å². The molecule has 9 nitrogen and oxygen atoms in total. The van der Waals surface area contributed by atoms with E-state index in [0.717, 1.165) is 24.8 Å². The first-order chi connectivity index (χ1) is 18.3. The summed E-state index contributed by atoms with van der Waals surface area (Å²) in [5.74, 6) is -2.36. The number of carboxylic acid groups (broad SMARTS) is 1. The van der Waals surface area contributed by atoms with Crippen molar-refractivity contribution in [2.24, 2.45) is 28.6 Å². The van der Waals surface area contributed by atoms with Crippen LogP contribution in [0, 0.1) is 28.6 Å². The van der Waals surface area contributed by atoms with Gasteiger partial charge in [0.15, 0.2) is 24.3 Å². The number of carboxylic acids is 1. The van der Waals surface area contributed by atoms with Crippen LogP contribution in [0.15, 0.2) is 23.8 Å². The van der Waals surface area contributed by atoms with Gasteiger partial charge < -0.3 is 24.4 Å². The van der Waals surface area contributed by atoms with Gasteiger partial charge in [0.25, 0.3) is 0 Å². The number of hydrogen-bond acceptors (Lipinski definition) is 8. The first kappa shape index (κ1) is 28.2. The molecule has 0 amide bonds. The van der Waals surface area contributed by atoms with Crippen molar-refractivity contribution in [2.75, 3.05) is 6.61 Å². The molecule has 0 bridgehead atoms. The van der Waals surface area contributed by atoms with Crippen molar-refractivity contribution in [3.05, 3.63) is 23.8 Å². The van der Waals surface area contributed by atoms with Crippen molar-refractivity contribution < 1.29 is 43.6 Å². The normalized spacial score (nSPS) is 44.1. The third kappa shape index (κ3) is 4.06. The van der Waals surface area contributed by atoms with E-state index in [1.54, 1.807) is 12.2 Å². The standard InChI is InChI=1S/C30H40O9/c1-5-6-25-38-29(4)14-20-19-8-7-17-13-18(31)11-12-27(17,2)26(19)21(32)15-28(20,3)30(29,39-25)22(33)16-37-24(36)10-9-23(34)35/h11-13,19-21,25-26,32H,5-10,14-16H2,1-4H3,(H,34,35)/t19-,20-,21-,25?,26+,27-,28-,29+,30-/m0/s1. The van der Waals surface area contributed by atoms with E-state index in [1.807, 2.05) is 26.8 Å². The number of esters is 1. The summed E-state index contributed by atoms with van der Waals surface area (Å²) in [4.78, 5) is 49.4. The maximum atomic E-state index is 14.2. The molecule has 5 rings (SSSR count). The van der Waals surface area contributed by atoms with Crippen molar-refractivity contribution in [2.45, 2.75) is 103 Å². The second-order valence-corrected chi connectivity index (χ2v) is 12.8. The van der Waals surface area contributed by atoms with Crippen LogP contribution in [0.1, 0.15) is 79.1 Å². The molecule has 1 saturated heterocycles. The molecule has 9 atom stereocenters. The fraction of sp³-hybridized carbons (Fsp3) is 0.733. The van der Waals surface area contributed by atoms with E-state index in [1.165, 1.54) is 0 Å². The van der Waals surface area contributed by atoms with Crippen LogP contribution in [0.25, 0.3) is 0 Å². The Hall–Kier alpha value is -2.36. The molecule has 4 aliphatic carbocycles. The Kier molecular flexibility index (Phi) is 6.96. The zero-order valence-electron chi connectivity index (χ0n) is 23.2. The number of aliphatic hydroxyl groups excluding tert-OH is 1. The molecule has 2 N–H and O–H groups in total. The number of hydrogen-bond donors (Lipinski definition) is 2. The summed E-state index contributed by atoms with van der Waals surface area (Å²) < 4.78 is 18.4. The highest BCUT2D eigenvalue weighted by Crippen LogP contribution is 2.72. The summed E-state index contributed by atoms with van der Waals surface area (Å²) in [7, 11) is 0. The predicted octanol–water partition coefficient (Wildman–Crippen LogP) is 3.52. The fourth-order valence-electron chi connectivity index (χ4n) is 9.08. The van der Waals surface area contributed by atoms with Gasteiger partial charge >= 0.3 is 11.9 Å². The van der Waals surface area contributed by atoms with Crippen molar-refractivity contribution >= 4 is 23.5 Å². The van der Waals surface area contributed by atoms with Gasteiger partial charge in [-0.1, -0.05) is 38.8 Å². The Balaban J connectivity index is 1.49. The Morgan fingerprint density at radius 1 is 1.13 bits per heavy atom. The first-order valence-electron chi connectivity index (χ1n) is 14.2. The molecule has 3 saturated carbocycles. The average Bonchev–Trinajstić information content (AvgIpc) is 3.26. The van der Waals surface area contributed by atoms with Gasteiger partial charge in [0.05, 0.1) is 18.9 Å². The van der Waals surface area contributed by atoms with Crippen molar-refractivity contribution in [1.29, 1.82) is 0 Å². The summed E-state index contributed by atoms with van der Waals surface area (Å²) in [5, 5.41) is 20.7. The summed E-state index contributed by atoms with van der Waals surface area (Å²) >= 11 is 0. The number of ether oxygens (including phenoxy) is 3. The molecule has 0 spiro atoms. The van der Waals surface area contributed by atoms with Gasteiger partial charge in [-0.05, 0) is 63.0 Å². The van der Waals surface area contributed by atoms with Crippen LogP contribution >= 0.6 is 0 Å². The Labute approximate surface area is 228 Å². The van der Waals surface area contributed by atoms with E-state index in [4.69, 9.17) is 19.3 Å². The number of aliphatic hydroxyl groups is 1. The lowest BCUT2D eigenvalue weighted by Crippen LogP contribution is -2.65. The number of Topliss-reactive ketones (excluding diaryl/α,β-unsaturated/α-hetero) is 1. The quantitative estimate of drug-likeness (QED) is 0.440. The van der Waals surface area contributed by atoms with E-state index < -0.39 is 58.8 Å². The molecule has 0 radical (unpaired) electrons. The van der Waals surface area contributed by atoms with Crippen LogP contribution in [0.4, 0.5) is 0 Å². The van der Waals surface area contributed by atoms with Crippen molar-refractivity contribution in [3.63, 3.8) is 0 Å². The van der Waals surface area contributed by atoms with Gasteiger partial charge in [0.1, 0.15) is 5.60 Å². The number of carbonyl (C=O) groups excluding carboxylic acids is 3. The van der Waals surface area contributed by atoms with Crippen LogP contribution in [0.3, 0.4) is 0 Å². The summed E-state index contributed by atoms with van der Waals surface area (Å²) in [6.07, 6.45) is 7.01. The maximum absolute atomic E-state index is 14.2. The highest BCUT2D eigenvalue weighted by atomic mass is 16.8. The molecule has 1 heterocycles. The Morgan fingerprint density at radius 3 is 2.56 bits per heavy atom. The number of ketones is 2. The molecule has 39 heavy (non-hydrogen) atoms. The minimum Gasteiger partial charge on any atom is -0.481 e. The monoisotopic (exact) mass is 544 g/mol. The van der Waals surface area contributed by atoms with Crippen LogP contribution < -0.4 is 0 Å². The van der Waals surface area contributed by atoms with Gasteiger partial charge in [0, 0.05) is 16.7 Å². The average molecular weight is 545 g/mol. The van der Waals surface area contributed by atoms with E-state index in [-0.39, 0.29) is 36.4 Å². The molecule has 0 aromatic heterocycles. The molecule has 4 fully saturated rings. The second kappa shape index (κ2) is 9.63. The lowest BCUT2D eigenvalue weighted by atomic mass is 9.46. The SMILES string of the molecule is CCCC1O[C@]2(C(=O)COC(=O)CCC(=O)O)[C@@](C)(C[C@H]3[C@@H]4CCC5=CC(=O)C=C[C@]5(C)[C@H]4[C@@H](O)C[C@@]32C)O1.